The van der Waals surface area contributed by atoms with Gasteiger partial charge in [0.05, 0.1) is 23.9 Å². The van der Waals surface area contributed by atoms with Crippen LogP contribution in [0.4, 0.5) is 5.69 Å². The molecule has 4 rings (SSSR count). The first-order chi connectivity index (χ1) is 12.8. The molecular formula is C19H16N6O. The van der Waals surface area contributed by atoms with Gasteiger partial charge in [0.25, 0.3) is 5.91 Å². The van der Waals surface area contributed by atoms with E-state index >= 15 is 0 Å². The van der Waals surface area contributed by atoms with E-state index in [4.69, 9.17) is 0 Å². The average molecular weight is 344 g/mol. The Balaban J connectivity index is 1.48. The molecule has 3 heterocycles. The topological polar surface area (TPSA) is 88.5 Å². The number of nitrogens with one attached hydrogen (secondary N) is 2. The van der Waals surface area contributed by atoms with Crippen molar-refractivity contribution in [2.75, 3.05) is 5.32 Å². The number of carbonyl (C=O) groups excluding carboxylic acids is 1. The van der Waals surface area contributed by atoms with Crippen molar-refractivity contribution >= 4 is 11.6 Å². The largest absolute Gasteiger partial charge is 0.333 e. The lowest BCUT2D eigenvalue weighted by atomic mass is 10.1. The third kappa shape index (κ3) is 3.36. The van der Waals surface area contributed by atoms with Gasteiger partial charge in [0.2, 0.25) is 0 Å². The van der Waals surface area contributed by atoms with Gasteiger partial charge in [-0.2, -0.15) is 5.10 Å². The molecule has 0 aliphatic rings. The number of nitrogens with zero attached hydrogens (tertiary/aromatic N) is 4. The van der Waals surface area contributed by atoms with Gasteiger partial charge in [-0.05, 0) is 29.8 Å². The quantitative estimate of drug-likeness (QED) is 0.582. The smallest absolute Gasteiger partial charge is 0.255 e. The summed E-state index contributed by atoms with van der Waals surface area (Å²) in [6, 6.07) is 13.1. The molecule has 26 heavy (non-hydrogen) atoms. The molecule has 0 saturated carbocycles. The van der Waals surface area contributed by atoms with Crippen LogP contribution in [0.3, 0.4) is 0 Å². The van der Waals surface area contributed by atoms with Gasteiger partial charge >= 0.3 is 0 Å². The molecule has 0 radical (unpaired) electrons. The second kappa shape index (κ2) is 7.02. The van der Waals surface area contributed by atoms with Gasteiger partial charge < -0.3 is 9.88 Å². The Morgan fingerprint density at radius 3 is 2.73 bits per heavy atom. The molecule has 0 saturated heterocycles. The van der Waals surface area contributed by atoms with Crippen molar-refractivity contribution in [1.29, 1.82) is 0 Å². The molecule has 0 spiro atoms. The van der Waals surface area contributed by atoms with Crippen molar-refractivity contribution in [3.63, 3.8) is 0 Å². The Labute approximate surface area is 149 Å². The zero-order chi connectivity index (χ0) is 17.8. The number of pyridine rings is 1. The minimum absolute atomic E-state index is 0.197. The Bertz CT molecular complexity index is 990. The van der Waals surface area contributed by atoms with Gasteiger partial charge in [-0.3, -0.25) is 14.9 Å². The second-order valence-corrected chi connectivity index (χ2v) is 5.76. The fourth-order valence-electron chi connectivity index (χ4n) is 2.63. The zero-order valence-electron chi connectivity index (χ0n) is 13.8. The standard InChI is InChI=1S/C19H16N6O/c26-19(15-6-4-14(5-7-15)12-25-10-9-20-13-25)23-17-11-22-24-18(17)16-3-1-2-8-21-16/h1-11,13H,12H2,(H,22,24)(H,23,26). The van der Waals surface area contributed by atoms with Gasteiger partial charge in [-0.15, -0.1) is 0 Å². The number of aromatic nitrogens is 5. The van der Waals surface area contributed by atoms with Crippen LogP contribution in [0.25, 0.3) is 11.4 Å². The average Bonchev–Trinajstić information content (AvgIpc) is 3.35. The number of hydrogen-bond acceptors (Lipinski definition) is 4. The summed E-state index contributed by atoms with van der Waals surface area (Å²) >= 11 is 0. The van der Waals surface area contributed by atoms with E-state index < -0.39 is 0 Å². The number of benzene rings is 1. The van der Waals surface area contributed by atoms with Crippen LogP contribution in [-0.2, 0) is 6.54 Å². The maximum absolute atomic E-state index is 12.5. The van der Waals surface area contributed by atoms with E-state index in [9.17, 15) is 4.79 Å². The summed E-state index contributed by atoms with van der Waals surface area (Å²) in [5.41, 5.74) is 3.66. The summed E-state index contributed by atoms with van der Waals surface area (Å²) in [5.74, 6) is -0.197. The predicted octanol–water partition coefficient (Wildman–Crippen LogP) is 2.97. The third-order valence-electron chi connectivity index (χ3n) is 3.95. The number of amides is 1. The van der Waals surface area contributed by atoms with Crippen LogP contribution >= 0.6 is 0 Å². The Morgan fingerprint density at radius 2 is 2.00 bits per heavy atom. The van der Waals surface area contributed by atoms with E-state index in [0.29, 0.717) is 23.5 Å². The van der Waals surface area contributed by atoms with Gasteiger partial charge in [-0.25, -0.2) is 4.98 Å². The molecule has 4 aromatic rings. The Hall–Kier alpha value is -3.74. The van der Waals surface area contributed by atoms with Crippen molar-refractivity contribution in [2.45, 2.75) is 6.54 Å². The van der Waals surface area contributed by atoms with E-state index in [2.05, 4.69) is 25.5 Å². The highest BCUT2D eigenvalue weighted by Gasteiger charge is 2.13. The number of rotatable bonds is 5. The maximum Gasteiger partial charge on any atom is 0.255 e. The summed E-state index contributed by atoms with van der Waals surface area (Å²) in [6.45, 7) is 0.716. The van der Waals surface area contributed by atoms with Gasteiger partial charge in [-0.1, -0.05) is 18.2 Å². The Kier molecular flexibility index (Phi) is 4.26. The predicted molar refractivity (Wildman–Crippen MR) is 97.5 cm³/mol. The normalized spacial score (nSPS) is 10.6. The lowest BCUT2D eigenvalue weighted by Gasteiger charge is -2.07. The molecule has 0 bridgehead atoms. The van der Waals surface area contributed by atoms with Crippen LogP contribution in [0.15, 0.2) is 73.6 Å². The lowest BCUT2D eigenvalue weighted by Crippen LogP contribution is -2.12. The van der Waals surface area contributed by atoms with E-state index in [1.807, 2.05) is 53.2 Å². The number of H-pyrrole nitrogens is 1. The van der Waals surface area contributed by atoms with Crippen LogP contribution in [0.1, 0.15) is 15.9 Å². The molecule has 3 aromatic heterocycles. The molecule has 2 N–H and O–H groups in total. The molecule has 1 aromatic carbocycles. The first kappa shape index (κ1) is 15.8. The number of anilines is 1. The summed E-state index contributed by atoms with van der Waals surface area (Å²) in [7, 11) is 0. The van der Waals surface area contributed by atoms with E-state index in [1.165, 1.54) is 0 Å². The molecule has 1 amide bonds. The van der Waals surface area contributed by atoms with Crippen molar-refractivity contribution in [1.82, 2.24) is 24.7 Å². The SMILES string of the molecule is O=C(Nc1cn[nH]c1-c1ccccn1)c1ccc(Cn2ccnc2)cc1. The molecule has 0 aliphatic heterocycles. The number of carbonyl (C=O) groups is 1. The van der Waals surface area contributed by atoms with Gasteiger partial charge in [0.15, 0.2) is 0 Å². The van der Waals surface area contributed by atoms with E-state index in [1.54, 1.807) is 24.9 Å². The highest BCUT2D eigenvalue weighted by atomic mass is 16.1. The molecule has 7 heteroatoms. The zero-order valence-corrected chi connectivity index (χ0v) is 13.8. The first-order valence-electron chi connectivity index (χ1n) is 8.10. The lowest BCUT2D eigenvalue weighted by molar-refractivity contribution is 0.102. The summed E-state index contributed by atoms with van der Waals surface area (Å²) in [6.07, 6.45) is 8.68. The molecular weight excluding hydrogens is 328 g/mol. The van der Waals surface area contributed by atoms with E-state index in [0.717, 1.165) is 11.3 Å². The molecule has 0 unspecified atom stereocenters. The number of hydrogen-bond donors (Lipinski definition) is 2. The summed E-state index contributed by atoms with van der Waals surface area (Å²) in [4.78, 5) is 20.8. The second-order valence-electron chi connectivity index (χ2n) is 5.76. The number of imidazole rings is 1. The molecule has 0 atom stereocenters. The number of aromatic amines is 1. The third-order valence-corrected chi connectivity index (χ3v) is 3.95. The van der Waals surface area contributed by atoms with Crippen LogP contribution in [0.5, 0.6) is 0 Å². The van der Waals surface area contributed by atoms with Crippen molar-refractivity contribution < 1.29 is 4.79 Å². The van der Waals surface area contributed by atoms with Crippen LogP contribution < -0.4 is 5.32 Å². The van der Waals surface area contributed by atoms with Gasteiger partial charge in [0, 0.05) is 30.7 Å². The Morgan fingerprint density at radius 1 is 1.12 bits per heavy atom. The molecule has 0 aliphatic carbocycles. The van der Waals surface area contributed by atoms with Crippen LogP contribution in [-0.4, -0.2) is 30.6 Å². The summed E-state index contributed by atoms with van der Waals surface area (Å²) < 4.78 is 1.97. The van der Waals surface area contributed by atoms with Crippen LogP contribution in [0.2, 0.25) is 0 Å². The minimum atomic E-state index is -0.197. The minimum Gasteiger partial charge on any atom is -0.333 e. The molecule has 0 fully saturated rings. The fraction of sp³-hybridized carbons (Fsp3) is 0.0526. The van der Waals surface area contributed by atoms with Crippen molar-refractivity contribution in [3.05, 3.63) is 84.7 Å². The van der Waals surface area contributed by atoms with Gasteiger partial charge in [0.1, 0.15) is 5.69 Å². The van der Waals surface area contributed by atoms with Crippen LogP contribution in [0, 0.1) is 0 Å². The first-order valence-corrected chi connectivity index (χ1v) is 8.10. The monoisotopic (exact) mass is 344 g/mol. The van der Waals surface area contributed by atoms with Crippen molar-refractivity contribution in [2.24, 2.45) is 0 Å². The maximum atomic E-state index is 12.5. The summed E-state index contributed by atoms with van der Waals surface area (Å²) in [5, 5.41) is 9.77. The molecule has 7 nitrogen and oxygen atoms in total. The molecule has 128 valence electrons. The van der Waals surface area contributed by atoms with Crippen molar-refractivity contribution in [3.8, 4) is 11.4 Å². The highest BCUT2D eigenvalue weighted by Crippen LogP contribution is 2.23. The fourth-order valence-corrected chi connectivity index (χ4v) is 2.63. The van der Waals surface area contributed by atoms with E-state index in [-0.39, 0.29) is 5.91 Å². The highest BCUT2D eigenvalue weighted by molar-refractivity contribution is 6.05.